The van der Waals surface area contributed by atoms with Gasteiger partial charge in [0.1, 0.15) is 28.7 Å². The molecule has 0 fully saturated rings. The molecule has 59 heavy (non-hydrogen) atoms. The predicted octanol–water partition coefficient (Wildman–Crippen LogP) is 7.77. The summed E-state index contributed by atoms with van der Waals surface area (Å²) in [7, 11) is 0. The summed E-state index contributed by atoms with van der Waals surface area (Å²) in [5, 5.41) is 2.83. The van der Waals surface area contributed by atoms with Gasteiger partial charge in [-0.2, -0.15) is 9.89 Å². The van der Waals surface area contributed by atoms with Crippen LogP contribution in [0.25, 0.3) is 0 Å². The smallest absolute Gasteiger partial charge is 0.436 e. The van der Waals surface area contributed by atoms with Gasteiger partial charge in [0, 0.05) is 40.4 Å². The molecule has 0 saturated heterocycles. The summed E-state index contributed by atoms with van der Waals surface area (Å²) >= 11 is 1.51. The third kappa shape index (κ3) is 14.0. The molecule has 1 N–H and O–H groups in total. The number of nitrogens with one attached hydrogen (secondary N) is 1. The lowest BCUT2D eigenvalue weighted by Crippen LogP contribution is -2.50. The Morgan fingerprint density at radius 1 is 0.831 bits per heavy atom. The van der Waals surface area contributed by atoms with E-state index in [1.807, 2.05) is 6.07 Å². The second-order valence-electron chi connectivity index (χ2n) is 16.8. The standard InChI is InChI=1S/C43H53FN4O10S/c1-11-55-34(49)24-31-23-29-25-47(21-20-33(29)59-31)37(51)32(22-26-12-18-30(44)19-13-26)45-36(50)28-16-14-27(15-17-28)35(46-38(52)56-41(2,3)4)48(39(53)57-42(5,6)7)40(54)58-43(8,9)10/h12-19,23,32H,11,20-22,24-25H2,1-10H3,(H,45,50)/t32-/m0/s1. The zero-order valence-corrected chi connectivity index (χ0v) is 36.0. The number of aliphatic imine (C=N–C) groups is 1. The number of esters is 1. The summed E-state index contributed by atoms with van der Waals surface area (Å²) in [4.78, 5) is 88.5. The molecule has 16 heteroatoms. The van der Waals surface area contributed by atoms with E-state index in [9.17, 15) is 33.2 Å². The number of carbonyl (C=O) groups is 6. The Balaban J connectivity index is 1.66. The maximum absolute atomic E-state index is 14.2. The van der Waals surface area contributed by atoms with Crippen molar-refractivity contribution in [2.45, 2.75) is 118 Å². The number of fused-ring (bicyclic) bond motifs is 1. The Morgan fingerprint density at radius 3 is 1.93 bits per heavy atom. The van der Waals surface area contributed by atoms with Gasteiger partial charge in [0.05, 0.1) is 13.0 Å². The number of hydrogen-bond acceptors (Lipinski definition) is 11. The first-order valence-electron chi connectivity index (χ1n) is 19.2. The Bertz CT molecular complexity index is 2030. The highest BCUT2D eigenvalue weighted by Gasteiger charge is 2.37. The van der Waals surface area contributed by atoms with Gasteiger partial charge in [-0.15, -0.1) is 11.3 Å². The van der Waals surface area contributed by atoms with Gasteiger partial charge in [-0.3, -0.25) is 14.4 Å². The van der Waals surface area contributed by atoms with Gasteiger partial charge >= 0.3 is 24.2 Å². The van der Waals surface area contributed by atoms with Crippen LogP contribution in [0.5, 0.6) is 0 Å². The van der Waals surface area contributed by atoms with Crippen molar-refractivity contribution in [3.63, 3.8) is 0 Å². The number of halogens is 1. The first kappa shape index (κ1) is 46.1. The van der Waals surface area contributed by atoms with Gasteiger partial charge in [-0.25, -0.2) is 18.8 Å². The average molecular weight is 837 g/mol. The van der Waals surface area contributed by atoms with E-state index in [1.165, 1.54) is 59.9 Å². The summed E-state index contributed by atoms with van der Waals surface area (Å²) < 4.78 is 35.3. The van der Waals surface area contributed by atoms with Crippen LogP contribution in [-0.2, 0) is 54.3 Å². The molecular weight excluding hydrogens is 784 g/mol. The zero-order chi connectivity index (χ0) is 43.9. The zero-order valence-electron chi connectivity index (χ0n) is 35.2. The Kier molecular flexibility index (Phi) is 14.8. The number of thiophene rings is 1. The van der Waals surface area contributed by atoms with Crippen molar-refractivity contribution in [1.82, 2.24) is 15.1 Å². The van der Waals surface area contributed by atoms with E-state index in [4.69, 9.17) is 18.9 Å². The first-order valence-corrected chi connectivity index (χ1v) is 20.0. The lowest BCUT2D eigenvalue weighted by molar-refractivity contribution is -0.142. The monoisotopic (exact) mass is 836 g/mol. The fourth-order valence-corrected chi connectivity index (χ4v) is 6.95. The summed E-state index contributed by atoms with van der Waals surface area (Å²) in [6.07, 6.45) is -2.73. The van der Waals surface area contributed by atoms with Crippen molar-refractivity contribution < 1.29 is 52.1 Å². The Morgan fingerprint density at radius 2 is 1.39 bits per heavy atom. The van der Waals surface area contributed by atoms with E-state index < -0.39 is 58.7 Å². The maximum atomic E-state index is 14.2. The second-order valence-corrected chi connectivity index (χ2v) is 18.0. The van der Waals surface area contributed by atoms with E-state index in [0.29, 0.717) is 23.4 Å². The van der Waals surface area contributed by atoms with E-state index in [0.717, 1.165) is 15.3 Å². The van der Waals surface area contributed by atoms with Crippen LogP contribution in [-0.4, -0.2) is 87.7 Å². The quantitative estimate of drug-likeness (QED) is 0.0972. The molecule has 1 aliphatic heterocycles. The predicted molar refractivity (Wildman–Crippen MR) is 219 cm³/mol. The molecule has 0 saturated carbocycles. The molecule has 1 aromatic heterocycles. The average Bonchev–Trinajstić information content (AvgIpc) is 3.51. The molecule has 3 aromatic rings. The second kappa shape index (κ2) is 19.0. The lowest BCUT2D eigenvalue weighted by Gasteiger charge is -2.31. The fraction of sp³-hybridized carbons (Fsp3) is 0.465. The first-order chi connectivity index (χ1) is 27.4. The van der Waals surface area contributed by atoms with Gasteiger partial charge in [0.25, 0.3) is 5.91 Å². The van der Waals surface area contributed by atoms with Gasteiger partial charge < -0.3 is 29.2 Å². The molecule has 0 bridgehead atoms. The van der Waals surface area contributed by atoms with Crippen molar-refractivity contribution in [2.75, 3.05) is 13.2 Å². The van der Waals surface area contributed by atoms with E-state index in [1.54, 1.807) is 74.1 Å². The molecular formula is C43H53FN4O10S. The van der Waals surface area contributed by atoms with Crippen molar-refractivity contribution in [3.05, 3.63) is 92.4 Å². The lowest BCUT2D eigenvalue weighted by atomic mass is 10.0. The van der Waals surface area contributed by atoms with Gasteiger partial charge in [0.2, 0.25) is 5.91 Å². The molecule has 14 nitrogen and oxygen atoms in total. The van der Waals surface area contributed by atoms with Crippen LogP contribution in [0.15, 0.2) is 59.6 Å². The number of amidine groups is 1. The number of imide groups is 1. The van der Waals surface area contributed by atoms with Crippen LogP contribution < -0.4 is 5.32 Å². The molecule has 0 unspecified atom stereocenters. The van der Waals surface area contributed by atoms with E-state index in [-0.39, 0.29) is 49.0 Å². The van der Waals surface area contributed by atoms with Crippen molar-refractivity contribution >= 4 is 53.2 Å². The van der Waals surface area contributed by atoms with Crippen molar-refractivity contribution in [2.24, 2.45) is 4.99 Å². The molecule has 5 amide bonds. The number of hydrogen-bond donors (Lipinski definition) is 1. The van der Waals surface area contributed by atoms with Gasteiger partial charge in [-0.05, 0) is 117 Å². The number of ether oxygens (including phenoxy) is 4. The van der Waals surface area contributed by atoms with Crippen molar-refractivity contribution in [3.8, 4) is 0 Å². The van der Waals surface area contributed by atoms with Crippen LogP contribution in [0.3, 0.4) is 0 Å². The maximum Gasteiger partial charge on any atom is 0.436 e. The van der Waals surface area contributed by atoms with E-state index in [2.05, 4.69) is 10.3 Å². The summed E-state index contributed by atoms with van der Waals surface area (Å²) in [6.45, 7) is 17.1. The number of benzene rings is 2. The Labute approximate surface area is 348 Å². The number of amides is 5. The summed E-state index contributed by atoms with van der Waals surface area (Å²) in [6, 6.07) is 12.0. The molecule has 4 rings (SSSR count). The largest absolute Gasteiger partial charge is 0.466 e. The third-order valence-corrected chi connectivity index (χ3v) is 9.41. The summed E-state index contributed by atoms with van der Waals surface area (Å²) in [5.74, 6) is -2.26. The number of carbonyl (C=O) groups excluding carboxylic acids is 6. The molecule has 1 atom stereocenters. The van der Waals surface area contributed by atoms with Crippen LogP contribution >= 0.6 is 11.3 Å². The van der Waals surface area contributed by atoms with Crippen LogP contribution in [0, 0.1) is 5.82 Å². The van der Waals surface area contributed by atoms with E-state index >= 15 is 0 Å². The highest BCUT2D eigenvalue weighted by molar-refractivity contribution is 7.12. The van der Waals surface area contributed by atoms with Gasteiger partial charge in [-0.1, -0.05) is 24.3 Å². The molecule has 318 valence electrons. The minimum absolute atomic E-state index is 0.0466. The molecule has 1 aliphatic rings. The number of rotatable bonds is 9. The minimum atomic E-state index is -1.18. The molecule has 0 radical (unpaired) electrons. The fourth-order valence-electron chi connectivity index (χ4n) is 5.79. The number of nitrogens with zero attached hydrogens (tertiary/aromatic N) is 3. The highest BCUT2D eigenvalue weighted by Crippen LogP contribution is 2.29. The topological polar surface area (TPSA) is 170 Å². The Hall–Kier alpha value is -5.64. The van der Waals surface area contributed by atoms with Crippen LogP contribution in [0.1, 0.15) is 106 Å². The van der Waals surface area contributed by atoms with Gasteiger partial charge in [0.15, 0.2) is 5.84 Å². The molecule has 0 aliphatic carbocycles. The van der Waals surface area contributed by atoms with Crippen LogP contribution in [0.4, 0.5) is 18.8 Å². The van der Waals surface area contributed by atoms with Crippen molar-refractivity contribution in [1.29, 1.82) is 0 Å². The normalized spacial score (nSPS) is 13.7. The minimum Gasteiger partial charge on any atom is -0.466 e. The third-order valence-electron chi connectivity index (χ3n) is 8.17. The SMILES string of the molecule is CCOC(=O)Cc1cc2c(s1)CCN(C(=O)[C@H](Cc1ccc(F)cc1)NC(=O)c1ccc(C(=NC(=O)OC(C)(C)C)N(C(=O)OC(C)(C)C)C(=O)OC(C)(C)C)cc1)C2. The summed E-state index contributed by atoms with van der Waals surface area (Å²) in [5.41, 5.74) is -1.46. The van der Waals surface area contributed by atoms with Crippen LogP contribution in [0.2, 0.25) is 0 Å². The molecule has 2 heterocycles. The highest BCUT2D eigenvalue weighted by atomic mass is 32.1. The molecule has 0 spiro atoms. The molecule has 2 aromatic carbocycles.